The Labute approximate surface area is 459 Å². The van der Waals surface area contributed by atoms with E-state index in [0.717, 1.165) is 32.9 Å². The molecule has 12 atom stereocenters. The predicted octanol–water partition coefficient (Wildman–Crippen LogP) is 10.6. The molecule has 10 rings (SSSR count). The van der Waals surface area contributed by atoms with Crippen LogP contribution in [0.5, 0.6) is 5.75 Å². The van der Waals surface area contributed by atoms with Crippen LogP contribution in [0.3, 0.4) is 0 Å². The molecule has 4 saturated heterocycles. The van der Waals surface area contributed by atoms with Gasteiger partial charge in [0.2, 0.25) is 0 Å². The molecular formula is C64H76O11SSi. The quantitative estimate of drug-likeness (QED) is 0.0508. The molecule has 4 fully saturated rings. The summed E-state index contributed by atoms with van der Waals surface area (Å²) >= 11 is 0. The van der Waals surface area contributed by atoms with E-state index in [9.17, 15) is 4.21 Å². The van der Waals surface area contributed by atoms with Crippen molar-refractivity contribution in [1.82, 2.24) is 0 Å². The van der Waals surface area contributed by atoms with Gasteiger partial charge in [-0.15, -0.1) is 0 Å². The van der Waals surface area contributed by atoms with Crippen LogP contribution >= 0.6 is 0 Å². The van der Waals surface area contributed by atoms with Gasteiger partial charge in [0.05, 0.1) is 98.4 Å². The minimum atomic E-state index is -2.88. The number of hydrogen-bond donors (Lipinski definition) is 0. The van der Waals surface area contributed by atoms with Crippen LogP contribution in [0.1, 0.15) is 81.4 Å². The van der Waals surface area contributed by atoms with E-state index >= 15 is 0 Å². The molecule has 0 bridgehead atoms. The zero-order valence-corrected chi connectivity index (χ0v) is 47.0. The van der Waals surface area contributed by atoms with Crippen molar-refractivity contribution in [3.05, 3.63) is 192 Å². The largest absolute Gasteiger partial charge is 0.497 e. The Hall–Kier alpha value is -4.87. The maximum atomic E-state index is 14.5. The van der Waals surface area contributed by atoms with Crippen molar-refractivity contribution in [2.45, 2.75) is 150 Å². The van der Waals surface area contributed by atoms with Gasteiger partial charge < -0.3 is 47.1 Å². The van der Waals surface area contributed by atoms with Crippen LogP contribution in [0, 0.1) is 6.92 Å². The Kier molecular flexibility index (Phi) is 18.7. The molecule has 6 aromatic rings. The molecule has 0 spiro atoms. The summed E-state index contributed by atoms with van der Waals surface area (Å²) in [6.45, 7) is 11.2. The number of hydrogen-bond acceptors (Lipinski definition) is 11. The molecule has 4 aliphatic rings. The maximum absolute atomic E-state index is 14.5. The van der Waals surface area contributed by atoms with E-state index in [1.54, 1.807) is 7.11 Å². The standard InChI is InChI=1S/C64H76O11SSi/c1-45-26-32-50(33-27-45)76(65)44-62-60(40-58-57(74-62)38-55(68-42-47-20-12-7-13-21-47)53(71-58)34-36-67-41-46-18-10-6-11-19-46)73-56-39-59-61(43-69-63(75-59)48-28-30-49(66-5)31-29-48)72-54(56)35-37-70-77(64(2,3)4,51-22-14-8-15-23-51)52-24-16-9-17-25-52/h6-33,53-63H,34-44H2,1-5H3/t53-,54-,55+,56+,57-,58+,59-,60-,61+,62+,63+,76?/m0/s1. The van der Waals surface area contributed by atoms with Crippen LogP contribution in [0.4, 0.5) is 0 Å². The number of aryl methyl sites for hydroxylation is 1. The lowest BCUT2D eigenvalue weighted by molar-refractivity contribution is -0.317. The predicted molar refractivity (Wildman–Crippen MR) is 301 cm³/mol. The monoisotopic (exact) mass is 1080 g/mol. The molecule has 0 aromatic heterocycles. The zero-order chi connectivity index (χ0) is 53.2. The minimum absolute atomic E-state index is 0.209. The molecular weight excluding hydrogens is 1000 g/mol. The average Bonchev–Trinajstić information content (AvgIpc) is 3.47. The first kappa shape index (κ1) is 55.4. The fourth-order valence-electron chi connectivity index (χ4n) is 11.6. The summed E-state index contributed by atoms with van der Waals surface area (Å²) in [5.74, 6) is 1.00. The highest BCUT2D eigenvalue weighted by atomic mass is 32.2. The van der Waals surface area contributed by atoms with Crippen molar-refractivity contribution in [2.24, 2.45) is 0 Å². The van der Waals surface area contributed by atoms with Gasteiger partial charge in [-0.2, -0.15) is 0 Å². The molecule has 4 heterocycles. The topological polar surface area (TPSA) is 109 Å². The van der Waals surface area contributed by atoms with Crippen LogP contribution in [0.25, 0.3) is 0 Å². The first-order valence-corrected chi connectivity index (χ1v) is 30.8. The van der Waals surface area contributed by atoms with Gasteiger partial charge in [0, 0.05) is 42.9 Å². The highest BCUT2D eigenvalue weighted by molar-refractivity contribution is 7.85. The summed E-state index contributed by atoms with van der Waals surface area (Å²) in [6.07, 6.45) is -1.38. The molecule has 6 aromatic carbocycles. The van der Waals surface area contributed by atoms with Gasteiger partial charge in [-0.3, -0.25) is 4.21 Å². The Morgan fingerprint density at radius 1 is 0.571 bits per heavy atom. The first-order valence-electron chi connectivity index (χ1n) is 27.5. The molecule has 0 saturated carbocycles. The highest BCUT2D eigenvalue weighted by Crippen LogP contribution is 2.42. The van der Waals surface area contributed by atoms with E-state index in [0.29, 0.717) is 65.1 Å². The van der Waals surface area contributed by atoms with Crippen molar-refractivity contribution in [1.29, 1.82) is 0 Å². The van der Waals surface area contributed by atoms with Gasteiger partial charge in [0.1, 0.15) is 11.9 Å². The van der Waals surface area contributed by atoms with Crippen molar-refractivity contribution in [3.63, 3.8) is 0 Å². The lowest BCUT2D eigenvalue weighted by atomic mass is 9.89. The van der Waals surface area contributed by atoms with Gasteiger partial charge in [0.15, 0.2) is 6.29 Å². The third kappa shape index (κ3) is 13.6. The zero-order valence-electron chi connectivity index (χ0n) is 45.2. The fourth-order valence-corrected chi connectivity index (χ4v) is 17.4. The first-order chi connectivity index (χ1) is 37.5. The highest BCUT2D eigenvalue weighted by Gasteiger charge is 2.52. The smallest absolute Gasteiger partial charge is 0.261 e. The van der Waals surface area contributed by atoms with Crippen LogP contribution in [0.2, 0.25) is 5.04 Å². The fraction of sp³-hybridized carbons (Fsp3) is 0.438. The molecule has 13 heteroatoms. The van der Waals surface area contributed by atoms with Crippen LogP contribution < -0.4 is 15.1 Å². The van der Waals surface area contributed by atoms with Gasteiger partial charge in [-0.25, -0.2) is 0 Å². The molecule has 0 aliphatic carbocycles. The molecule has 408 valence electrons. The molecule has 0 amide bonds. The molecule has 0 radical (unpaired) electrons. The molecule has 0 N–H and O–H groups in total. The Bertz CT molecular complexity index is 2710. The average molecular weight is 1080 g/mol. The molecule has 4 aliphatic heterocycles. The van der Waals surface area contributed by atoms with Crippen molar-refractivity contribution >= 4 is 29.5 Å². The van der Waals surface area contributed by atoms with E-state index < -0.39 is 49.8 Å². The van der Waals surface area contributed by atoms with Crippen molar-refractivity contribution in [3.8, 4) is 5.75 Å². The molecule has 11 nitrogen and oxygen atoms in total. The van der Waals surface area contributed by atoms with E-state index in [1.807, 2.05) is 91.9 Å². The van der Waals surface area contributed by atoms with Crippen LogP contribution in [0.15, 0.2) is 175 Å². The normalized spacial score (nSPS) is 27.0. The van der Waals surface area contributed by atoms with E-state index in [1.165, 1.54) is 10.4 Å². The van der Waals surface area contributed by atoms with E-state index in [-0.39, 0.29) is 47.4 Å². The molecule has 1 unspecified atom stereocenters. The molecule has 77 heavy (non-hydrogen) atoms. The summed E-state index contributed by atoms with van der Waals surface area (Å²) in [5.41, 5.74) is 4.21. The number of fused-ring (bicyclic) bond motifs is 2. The summed E-state index contributed by atoms with van der Waals surface area (Å²) in [5, 5.41) is 2.23. The second-order valence-electron chi connectivity index (χ2n) is 22.0. The minimum Gasteiger partial charge on any atom is -0.497 e. The summed E-state index contributed by atoms with van der Waals surface area (Å²) in [6, 6.07) is 57.6. The number of benzene rings is 6. The maximum Gasteiger partial charge on any atom is 0.261 e. The lowest BCUT2D eigenvalue weighted by Crippen LogP contribution is -2.66. The Morgan fingerprint density at radius 2 is 1.09 bits per heavy atom. The summed E-state index contributed by atoms with van der Waals surface area (Å²) in [4.78, 5) is 0.752. The number of rotatable bonds is 21. The lowest BCUT2D eigenvalue weighted by Gasteiger charge is -2.50. The van der Waals surface area contributed by atoms with Crippen LogP contribution in [-0.2, 0) is 66.3 Å². The van der Waals surface area contributed by atoms with Crippen LogP contribution in [-0.4, -0.2) is 106 Å². The van der Waals surface area contributed by atoms with Gasteiger partial charge in [0.25, 0.3) is 8.32 Å². The Balaban J connectivity index is 0.932. The second kappa shape index (κ2) is 25.9. The SMILES string of the molecule is COc1ccc([C@@H]2OC[C@H]3O[C@@H](CCO[Si](c4ccccc4)(c4ccccc4)C(C)(C)C)[C@H](O[C@H]4C[C@H]5O[C@@H](CCOCc6ccccc6)[C@H](OCc6ccccc6)C[C@@H]5O[C@@H]4CS(=O)c4ccc(C)cc4)C[C@@H]3O2)cc1. The van der Waals surface area contributed by atoms with Gasteiger partial charge in [-0.1, -0.05) is 172 Å². The number of ether oxygens (including phenoxy) is 9. The van der Waals surface area contributed by atoms with Crippen molar-refractivity contribution < 1.29 is 51.3 Å². The number of methoxy groups -OCH3 is 1. The van der Waals surface area contributed by atoms with Gasteiger partial charge >= 0.3 is 0 Å². The second-order valence-corrected chi connectivity index (χ2v) is 27.8. The van der Waals surface area contributed by atoms with Gasteiger partial charge in [-0.05, 0) is 70.6 Å². The summed E-state index contributed by atoms with van der Waals surface area (Å²) < 4.78 is 82.6. The Morgan fingerprint density at radius 3 is 1.70 bits per heavy atom. The van der Waals surface area contributed by atoms with E-state index in [4.69, 9.17) is 47.1 Å². The third-order valence-corrected chi connectivity index (χ3v) is 22.1. The van der Waals surface area contributed by atoms with Crippen molar-refractivity contribution in [2.75, 3.05) is 32.7 Å². The third-order valence-electron chi connectivity index (χ3n) is 15.7. The van der Waals surface area contributed by atoms with E-state index in [2.05, 4.69) is 106 Å². The summed E-state index contributed by atoms with van der Waals surface area (Å²) in [7, 11) is -2.61.